The first-order valence-corrected chi connectivity index (χ1v) is 6.42. The van der Waals surface area contributed by atoms with Crippen molar-refractivity contribution in [1.29, 1.82) is 0 Å². The van der Waals surface area contributed by atoms with E-state index < -0.39 is 9.84 Å². The molecule has 13 heavy (non-hydrogen) atoms. The summed E-state index contributed by atoms with van der Waals surface area (Å²) < 4.78 is 27.4. The van der Waals surface area contributed by atoms with Crippen molar-refractivity contribution in [2.24, 2.45) is 5.73 Å². The first-order chi connectivity index (χ1) is 6.12. The van der Waals surface area contributed by atoms with Crippen molar-refractivity contribution >= 4 is 9.84 Å². The maximum absolute atomic E-state index is 11.2. The minimum absolute atomic E-state index is 0.130. The summed E-state index contributed by atoms with van der Waals surface area (Å²) in [5, 5.41) is 0. The van der Waals surface area contributed by atoms with E-state index in [1.54, 1.807) is 0 Å². The SMILES string of the molecule is CCCS(=O)(=O)CCOCCCN. The van der Waals surface area contributed by atoms with Gasteiger partial charge in [0.1, 0.15) is 0 Å². The lowest BCUT2D eigenvalue weighted by Gasteiger charge is -2.03. The van der Waals surface area contributed by atoms with Gasteiger partial charge in [0.05, 0.1) is 12.4 Å². The minimum Gasteiger partial charge on any atom is -0.380 e. The van der Waals surface area contributed by atoms with E-state index in [1.165, 1.54) is 0 Å². The number of ether oxygens (including phenoxy) is 1. The molecular formula is C8H19NO3S. The molecule has 5 heteroatoms. The van der Waals surface area contributed by atoms with E-state index in [0.29, 0.717) is 26.2 Å². The molecule has 0 saturated heterocycles. The Morgan fingerprint density at radius 2 is 1.92 bits per heavy atom. The third-order valence-corrected chi connectivity index (χ3v) is 3.37. The van der Waals surface area contributed by atoms with Gasteiger partial charge in [-0.15, -0.1) is 0 Å². The van der Waals surface area contributed by atoms with E-state index in [-0.39, 0.29) is 11.5 Å². The van der Waals surface area contributed by atoms with Crippen molar-refractivity contribution in [3.8, 4) is 0 Å². The molecule has 0 unspecified atom stereocenters. The molecule has 0 bridgehead atoms. The lowest BCUT2D eigenvalue weighted by Crippen LogP contribution is -2.16. The van der Waals surface area contributed by atoms with Crippen molar-refractivity contribution in [3.63, 3.8) is 0 Å². The molecule has 0 aromatic carbocycles. The summed E-state index contributed by atoms with van der Waals surface area (Å²) in [6, 6.07) is 0. The standard InChI is InChI=1S/C8H19NO3S/c1-2-7-13(10,11)8-6-12-5-3-4-9/h2-9H2,1H3. The van der Waals surface area contributed by atoms with Crippen molar-refractivity contribution in [1.82, 2.24) is 0 Å². The van der Waals surface area contributed by atoms with Crippen LogP contribution in [-0.4, -0.2) is 39.7 Å². The first kappa shape index (κ1) is 12.9. The fourth-order valence-electron chi connectivity index (χ4n) is 0.886. The predicted molar refractivity (Wildman–Crippen MR) is 53.4 cm³/mol. The Bertz CT molecular complexity index is 201. The van der Waals surface area contributed by atoms with Crippen LogP contribution in [0.4, 0.5) is 0 Å². The van der Waals surface area contributed by atoms with Crippen LogP contribution in [0.5, 0.6) is 0 Å². The zero-order chi connectivity index (χ0) is 10.2. The van der Waals surface area contributed by atoms with E-state index >= 15 is 0 Å². The molecule has 0 atom stereocenters. The Labute approximate surface area is 80.4 Å². The van der Waals surface area contributed by atoms with Gasteiger partial charge in [-0.3, -0.25) is 0 Å². The van der Waals surface area contributed by atoms with Gasteiger partial charge in [-0.1, -0.05) is 6.92 Å². The highest BCUT2D eigenvalue weighted by atomic mass is 32.2. The molecule has 0 aromatic rings. The molecule has 0 aliphatic heterocycles. The smallest absolute Gasteiger partial charge is 0.152 e. The van der Waals surface area contributed by atoms with Crippen LogP contribution in [0.25, 0.3) is 0 Å². The van der Waals surface area contributed by atoms with Gasteiger partial charge in [0.25, 0.3) is 0 Å². The normalized spacial score (nSPS) is 11.8. The molecule has 0 rings (SSSR count). The Hall–Kier alpha value is -0.130. The first-order valence-electron chi connectivity index (χ1n) is 4.60. The molecule has 0 amide bonds. The number of hydrogen-bond donors (Lipinski definition) is 1. The van der Waals surface area contributed by atoms with E-state index in [1.807, 2.05) is 6.92 Å². The average molecular weight is 209 g/mol. The second kappa shape index (κ2) is 7.29. The van der Waals surface area contributed by atoms with Gasteiger partial charge in [0.2, 0.25) is 0 Å². The highest BCUT2D eigenvalue weighted by Gasteiger charge is 2.08. The molecule has 0 aromatic heterocycles. The van der Waals surface area contributed by atoms with Crippen molar-refractivity contribution < 1.29 is 13.2 Å². The molecule has 80 valence electrons. The highest BCUT2D eigenvalue weighted by Crippen LogP contribution is 1.93. The number of rotatable bonds is 8. The second-order valence-electron chi connectivity index (χ2n) is 2.91. The molecule has 2 N–H and O–H groups in total. The fourth-order valence-corrected chi connectivity index (χ4v) is 2.08. The van der Waals surface area contributed by atoms with E-state index in [9.17, 15) is 8.42 Å². The number of nitrogens with two attached hydrogens (primary N) is 1. The maximum atomic E-state index is 11.2. The van der Waals surface area contributed by atoms with Crippen LogP contribution < -0.4 is 5.73 Å². The van der Waals surface area contributed by atoms with Crippen LogP contribution in [0.15, 0.2) is 0 Å². The largest absolute Gasteiger partial charge is 0.380 e. The molecule has 0 fully saturated rings. The van der Waals surface area contributed by atoms with Crippen LogP contribution in [0.1, 0.15) is 19.8 Å². The van der Waals surface area contributed by atoms with Gasteiger partial charge < -0.3 is 10.5 Å². The Balaban J connectivity index is 3.41. The van der Waals surface area contributed by atoms with Crippen LogP contribution in [0, 0.1) is 0 Å². The second-order valence-corrected chi connectivity index (χ2v) is 5.21. The maximum Gasteiger partial charge on any atom is 0.152 e. The summed E-state index contributed by atoms with van der Waals surface area (Å²) >= 11 is 0. The third kappa shape index (κ3) is 8.21. The molecule has 0 radical (unpaired) electrons. The molecule has 0 aliphatic carbocycles. The quantitative estimate of drug-likeness (QED) is 0.579. The van der Waals surface area contributed by atoms with Crippen LogP contribution in [0.3, 0.4) is 0 Å². The summed E-state index contributed by atoms with van der Waals surface area (Å²) in [5.74, 6) is 0.388. The van der Waals surface area contributed by atoms with Crippen molar-refractivity contribution in [2.75, 3.05) is 31.3 Å². The summed E-state index contributed by atoms with van der Waals surface area (Å²) in [6.45, 7) is 3.29. The van der Waals surface area contributed by atoms with Gasteiger partial charge in [-0.05, 0) is 19.4 Å². The Morgan fingerprint density at radius 1 is 1.23 bits per heavy atom. The molecule has 4 nitrogen and oxygen atoms in total. The summed E-state index contributed by atoms with van der Waals surface area (Å²) in [6.07, 6.45) is 1.46. The number of hydrogen-bond acceptors (Lipinski definition) is 4. The zero-order valence-corrected chi connectivity index (χ0v) is 8.98. The Morgan fingerprint density at radius 3 is 2.46 bits per heavy atom. The third-order valence-electron chi connectivity index (χ3n) is 1.55. The fraction of sp³-hybridized carbons (Fsp3) is 1.00. The monoisotopic (exact) mass is 209 g/mol. The minimum atomic E-state index is -2.88. The van der Waals surface area contributed by atoms with Gasteiger partial charge in [-0.2, -0.15) is 0 Å². The average Bonchev–Trinajstić information content (AvgIpc) is 2.04. The van der Waals surface area contributed by atoms with Gasteiger partial charge in [-0.25, -0.2) is 8.42 Å². The molecule has 0 heterocycles. The molecular weight excluding hydrogens is 190 g/mol. The van der Waals surface area contributed by atoms with E-state index in [4.69, 9.17) is 10.5 Å². The van der Waals surface area contributed by atoms with Gasteiger partial charge >= 0.3 is 0 Å². The van der Waals surface area contributed by atoms with Crippen LogP contribution in [-0.2, 0) is 14.6 Å². The topological polar surface area (TPSA) is 69.4 Å². The predicted octanol–water partition coefficient (Wildman–Crippen LogP) is 0.177. The zero-order valence-electron chi connectivity index (χ0n) is 8.16. The van der Waals surface area contributed by atoms with Crippen LogP contribution >= 0.6 is 0 Å². The molecule has 0 saturated carbocycles. The van der Waals surface area contributed by atoms with E-state index in [0.717, 1.165) is 6.42 Å². The van der Waals surface area contributed by atoms with Crippen molar-refractivity contribution in [3.05, 3.63) is 0 Å². The summed E-state index contributed by atoms with van der Waals surface area (Å²) in [7, 11) is -2.88. The van der Waals surface area contributed by atoms with Crippen molar-refractivity contribution in [2.45, 2.75) is 19.8 Å². The molecule has 0 spiro atoms. The lowest BCUT2D eigenvalue weighted by molar-refractivity contribution is 0.148. The van der Waals surface area contributed by atoms with E-state index in [2.05, 4.69) is 0 Å². The summed E-state index contributed by atoms with van der Waals surface area (Å²) in [4.78, 5) is 0. The van der Waals surface area contributed by atoms with Gasteiger partial charge in [0.15, 0.2) is 9.84 Å². The highest BCUT2D eigenvalue weighted by molar-refractivity contribution is 7.91. The summed E-state index contributed by atoms with van der Waals surface area (Å²) in [5.41, 5.74) is 5.25. The number of sulfone groups is 1. The van der Waals surface area contributed by atoms with Gasteiger partial charge in [0, 0.05) is 12.4 Å². The lowest BCUT2D eigenvalue weighted by atomic mass is 10.5. The van der Waals surface area contributed by atoms with Crippen LogP contribution in [0.2, 0.25) is 0 Å². The molecule has 0 aliphatic rings. The Kier molecular flexibility index (Phi) is 7.22.